The fourth-order valence-corrected chi connectivity index (χ4v) is 0.715. The average Bonchev–Trinajstić information content (AvgIpc) is 2.27. The summed E-state index contributed by atoms with van der Waals surface area (Å²) in [7, 11) is 0. The molecule has 3 nitrogen and oxygen atoms in total. The lowest BCUT2D eigenvalue weighted by Gasteiger charge is -2.10. The Balaban J connectivity index is 2.99. The monoisotopic (exact) mass is 147 g/mol. The van der Waals surface area contributed by atoms with Gasteiger partial charge in [0.25, 0.3) is 0 Å². The Kier molecular flexibility index (Phi) is 2.42. The maximum absolute atomic E-state index is 3.98. The van der Waals surface area contributed by atoms with E-state index < -0.39 is 0 Å². The number of hydrazone groups is 1. The third kappa shape index (κ3) is 1.66. The maximum Gasteiger partial charge on any atom is 0.158 e. The van der Waals surface area contributed by atoms with Gasteiger partial charge in [0.15, 0.2) is 5.82 Å². The van der Waals surface area contributed by atoms with Crippen molar-refractivity contribution in [1.82, 2.24) is 5.01 Å². The molecule has 0 bridgehead atoms. The average molecular weight is 147 g/mol. The van der Waals surface area contributed by atoms with E-state index in [4.69, 9.17) is 0 Å². The molecule has 0 radical (unpaired) electrons. The Morgan fingerprint density at radius 2 is 2.64 bits per heavy atom. The lowest BCUT2D eigenvalue weighted by molar-refractivity contribution is 0.498. The highest BCUT2D eigenvalue weighted by atomic mass is 15.5. The Morgan fingerprint density at radius 3 is 3.27 bits per heavy atom. The van der Waals surface area contributed by atoms with Crippen LogP contribution in [0, 0.1) is 0 Å². The van der Waals surface area contributed by atoms with Gasteiger partial charge in [-0.05, 0) is 24.9 Å². The van der Waals surface area contributed by atoms with Gasteiger partial charge in [0.1, 0.15) is 0 Å². The highest BCUT2D eigenvalue weighted by Gasteiger charge is 2.00. The third-order valence-corrected chi connectivity index (χ3v) is 1.22. The second-order valence-corrected chi connectivity index (χ2v) is 1.88. The van der Waals surface area contributed by atoms with Gasteiger partial charge in [-0.25, -0.2) is 5.01 Å². The summed E-state index contributed by atoms with van der Waals surface area (Å²) in [5.41, 5.74) is 0. The van der Waals surface area contributed by atoms with Crippen LogP contribution in [-0.2, 0) is 0 Å². The van der Waals surface area contributed by atoms with Gasteiger partial charge in [-0.2, -0.15) is 10.1 Å². The van der Waals surface area contributed by atoms with E-state index in [2.05, 4.69) is 22.7 Å². The molecule has 0 fully saturated rings. The topological polar surface area (TPSA) is 28.0 Å². The van der Waals surface area contributed by atoms with Gasteiger partial charge < -0.3 is 0 Å². The molecule has 0 aromatic carbocycles. The molecular weight excluding hydrogens is 138 g/mol. The summed E-state index contributed by atoms with van der Waals surface area (Å²) < 4.78 is 0. The van der Waals surface area contributed by atoms with Crippen LogP contribution in [0.25, 0.3) is 0 Å². The van der Waals surface area contributed by atoms with Crippen molar-refractivity contribution in [3.05, 3.63) is 30.2 Å². The number of hydrogen-bond acceptors (Lipinski definition) is 3. The van der Waals surface area contributed by atoms with Crippen LogP contribution in [0.15, 0.2) is 40.3 Å². The van der Waals surface area contributed by atoms with E-state index in [9.17, 15) is 0 Å². The van der Waals surface area contributed by atoms with Crippen LogP contribution in [0.2, 0.25) is 0 Å². The fraction of sp³-hybridized carbons (Fsp3) is 0.125. The van der Waals surface area contributed by atoms with Crippen molar-refractivity contribution < 1.29 is 0 Å². The molecule has 1 heterocycles. The zero-order valence-electron chi connectivity index (χ0n) is 6.36. The van der Waals surface area contributed by atoms with Crippen molar-refractivity contribution in [2.75, 3.05) is 0 Å². The minimum absolute atomic E-state index is 0.727. The van der Waals surface area contributed by atoms with Gasteiger partial charge in [-0.1, -0.05) is 0 Å². The first-order valence-electron chi connectivity index (χ1n) is 3.27. The molecule has 0 aromatic heterocycles. The molecule has 0 amide bonds. The number of nitrogens with zero attached hydrogens (tertiary/aromatic N) is 3. The summed E-state index contributed by atoms with van der Waals surface area (Å²) in [4.78, 5) is 3.98. The summed E-state index contributed by atoms with van der Waals surface area (Å²) in [6, 6.07) is 0. The quantitative estimate of drug-likeness (QED) is 0.517. The van der Waals surface area contributed by atoms with E-state index in [-0.39, 0.29) is 0 Å². The van der Waals surface area contributed by atoms with Crippen molar-refractivity contribution >= 4 is 12.6 Å². The van der Waals surface area contributed by atoms with Crippen LogP contribution in [0.5, 0.6) is 0 Å². The van der Waals surface area contributed by atoms with Gasteiger partial charge in [0, 0.05) is 19.0 Å². The molecule has 0 saturated carbocycles. The molecule has 0 N–H and O–H groups in total. The first kappa shape index (κ1) is 7.51. The number of rotatable bonds is 1. The molecule has 0 atom stereocenters. The normalized spacial score (nSPS) is 19.0. The highest BCUT2D eigenvalue weighted by Crippen LogP contribution is 2.07. The second kappa shape index (κ2) is 3.54. The molecule has 56 valence electrons. The molecular formula is C8H9N3. The van der Waals surface area contributed by atoms with Crippen molar-refractivity contribution in [1.29, 1.82) is 0 Å². The Morgan fingerprint density at radius 1 is 1.82 bits per heavy atom. The summed E-state index contributed by atoms with van der Waals surface area (Å²) in [5.74, 6) is 3.45. The van der Waals surface area contributed by atoms with Crippen molar-refractivity contribution in [2.24, 2.45) is 10.1 Å². The maximum atomic E-state index is 3.98. The van der Waals surface area contributed by atoms with Crippen LogP contribution in [0.3, 0.4) is 0 Å². The summed E-state index contributed by atoms with van der Waals surface area (Å²) in [5, 5.41) is 5.31. The molecule has 0 spiro atoms. The van der Waals surface area contributed by atoms with Gasteiger partial charge >= 0.3 is 0 Å². The van der Waals surface area contributed by atoms with Crippen molar-refractivity contribution in [3.63, 3.8) is 0 Å². The molecule has 1 aliphatic rings. The van der Waals surface area contributed by atoms with Gasteiger partial charge in [0.05, 0.1) is 0 Å². The first-order valence-corrected chi connectivity index (χ1v) is 3.27. The van der Waals surface area contributed by atoms with E-state index >= 15 is 0 Å². The largest absolute Gasteiger partial charge is 0.223 e. The van der Waals surface area contributed by atoms with Crippen LogP contribution in [-0.4, -0.2) is 17.6 Å². The fourth-order valence-electron chi connectivity index (χ4n) is 0.715. The van der Waals surface area contributed by atoms with Crippen molar-refractivity contribution in [2.45, 2.75) is 6.92 Å². The van der Waals surface area contributed by atoms with E-state index in [1.807, 2.05) is 13.0 Å². The molecule has 0 aliphatic carbocycles. The minimum atomic E-state index is 0.727. The first-order chi connectivity index (χ1) is 5.38. The number of allylic oxidation sites excluding steroid dienone is 3. The number of hydrogen-bond donors (Lipinski definition) is 0. The molecule has 0 saturated heterocycles. The molecule has 0 aromatic rings. The van der Waals surface area contributed by atoms with E-state index in [0.717, 1.165) is 5.82 Å². The summed E-state index contributed by atoms with van der Waals surface area (Å²) in [6.45, 7) is 5.29. The van der Waals surface area contributed by atoms with Gasteiger partial charge in [0.2, 0.25) is 0 Å². The molecule has 11 heavy (non-hydrogen) atoms. The van der Waals surface area contributed by atoms with E-state index in [1.54, 1.807) is 23.4 Å². The lowest BCUT2D eigenvalue weighted by atomic mass is 10.5. The van der Waals surface area contributed by atoms with Crippen molar-refractivity contribution in [3.8, 4) is 0 Å². The van der Waals surface area contributed by atoms with Crippen LogP contribution in [0.1, 0.15) is 6.92 Å². The lowest BCUT2D eigenvalue weighted by Crippen LogP contribution is -2.05. The molecule has 1 aliphatic heterocycles. The molecule has 0 unspecified atom stereocenters. The summed E-state index contributed by atoms with van der Waals surface area (Å²) >= 11 is 0. The number of aliphatic imine (C=N–C) groups is 1. The Labute approximate surface area is 65.7 Å². The standard InChI is InChI=1S/C8H9N3/c1-3-8-10-6-4-5-7-11(8)9-2/h3-5,7H,2H2,1H3/b8-3-. The van der Waals surface area contributed by atoms with Gasteiger partial charge in [-0.15, -0.1) is 0 Å². The van der Waals surface area contributed by atoms with Gasteiger partial charge in [-0.3, -0.25) is 0 Å². The second-order valence-electron chi connectivity index (χ2n) is 1.88. The van der Waals surface area contributed by atoms with E-state index in [1.165, 1.54) is 0 Å². The Bertz CT molecular complexity index is 267. The van der Waals surface area contributed by atoms with Crippen LogP contribution >= 0.6 is 0 Å². The molecule has 1 rings (SSSR count). The SMILES string of the molecule is C=NN1C=CC=C=N/C1=C/C. The summed E-state index contributed by atoms with van der Waals surface area (Å²) in [6.07, 6.45) is 7.13. The minimum Gasteiger partial charge on any atom is -0.223 e. The molecule has 3 heteroatoms. The van der Waals surface area contributed by atoms with Crippen LogP contribution in [0.4, 0.5) is 0 Å². The van der Waals surface area contributed by atoms with E-state index in [0.29, 0.717) is 0 Å². The highest BCUT2D eigenvalue weighted by molar-refractivity contribution is 5.57. The zero-order valence-corrected chi connectivity index (χ0v) is 6.36. The zero-order chi connectivity index (χ0) is 8.10. The third-order valence-electron chi connectivity index (χ3n) is 1.22. The predicted octanol–water partition coefficient (Wildman–Crippen LogP) is 1.52. The smallest absolute Gasteiger partial charge is 0.158 e. The predicted molar refractivity (Wildman–Crippen MR) is 46.3 cm³/mol. The van der Waals surface area contributed by atoms with Crippen LogP contribution < -0.4 is 0 Å². The Hall–Kier alpha value is -1.60.